The predicted molar refractivity (Wildman–Crippen MR) is 81.4 cm³/mol. The second-order valence-corrected chi connectivity index (χ2v) is 7.08. The smallest absolute Gasteiger partial charge is 0.224 e. The Morgan fingerprint density at radius 1 is 1.26 bits per heavy atom. The van der Waals surface area contributed by atoms with Gasteiger partial charge in [0.25, 0.3) is 0 Å². The van der Waals surface area contributed by atoms with E-state index in [4.69, 9.17) is 5.73 Å². The normalized spacial score (nSPS) is 15.8. The van der Waals surface area contributed by atoms with E-state index in [-0.39, 0.29) is 11.9 Å². The lowest BCUT2D eigenvalue weighted by atomic mass is 9.97. The van der Waals surface area contributed by atoms with Crippen LogP contribution in [0.25, 0.3) is 0 Å². The number of halogens is 1. The Morgan fingerprint density at radius 3 is 2.84 bits per heavy atom. The molecule has 1 aromatic carbocycles. The maximum Gasteiger partial charge on any atom is 0.224 e. The molecule has 3 N–H and O–H groups in total. The van der Waals surface area contributed by atoms with Gasteiger partial charge in [0, 0.05) is 17.0 Å². The van der Waals surface area contributed by atoms with Crippen molar-refractivity contribution < 1.29 is 4.79 Å². The summed E-state index contributed by atoms with van der Waals surface area (Å²) in [5.74, 6) is 0.0896. The molecule has 0 bridgehead atoms. The van der Waals surface area contributed by atoms with Crippen LogP contribution in [0.2, 0.25) is 0 Å². The number of rotatable bonds is 2. The number of aryl methyl sites for hydroxylation is 1. The summed E-state index contributed by atoms with van der Waals surface area (Å²) < 4.78 is 1.09. The third-order valence-corrected chi connectivity index (χ3v) is 4.99. The molecule has 1 aliphatic heterocycles. The Labute approximate surface area is 124 Å². The van der Waals surface area contributed by atoms with Gasteiger partial charge in [0.1, 0.15) is 0 Å². The highest BCUT2D eigenvalue weighted by atomic mass is 79.9. The van der Waals surface area contributed by atoms with Gasteiger partial charge in [0.15, 0.2) is 0 Å². The Morgan fingerprint density at radius 2 is 2.11 bits per heavy atom. The number of fused-ring (bicyclic) bond motifs is 1. The lowest BCUT2D eigenvalue weighted by molar-refractivity contribution is -0.116. The lowest BCUT2D eigenvalue weighted by Crippen LogP contribution is -2.19. The number of thiophene rings is 1. The van der Waals surface area contributed by atoms with Crippen LogP contribution in [-0.2, 0) is 11.2 Å². The van der Waals surface area contributed by atoms with Gasteiger partial charge in [-0.15, -0.1) is 11.3 Å². The Kier molecular flexibility index (Phi) is 3.43. The van der Waals surface area contributed by atoms with E-state index in [1.54, 1.807) is 11.3 Å². The van der Waals surface area contributed by atoms with E-state index in [2.05, 4.69) is 27.3 Å². The van der Waals surface area contributed by atoms with Crippen LogP contribution in [0.1, 0.15) is 28.5 Å². The highest BCUT2D eigenvalue weighted by molar-refractivity contribution is 9.11. The van der Waals surface area contributed by atoms with Crippen LogP contribution < -0.4 is 11.1 Å². The minimum atomic E-state index is -0.112. The van der Waals surface area contributed by atoms with Crippen molar-refractivity contribution in [2.45, 2.75) is 18.9 Å². The van der Waals surface area contributed by atoms with Crippen molar-refractivity contribution in [2.75, 3.05) is 5.32 Å². The summed E-state index contributed by atoms with van der Waals surface area (Å²) in [4.78, 5) is 12.5. The zero-order chi connectivity index (χ0) is 13.4. The molecule has 1 unspecified atom stereocenters. The largest absolute Gasteiger partial charge is 0.326 e. The molecule has 0 radical (unpaired) electrons. The number of nitrogens with two attached hydrogens (primary N) is 1. The molecule has 3 nitrogen and oxygen atoms in total. The zero-order valence-electron chi connectivity index (χ0n) is 10.2. The Balaban J connectivity index is 1.92. The van der Waals surface area contributed by atoms with E-state index in [0.29, 0.717) is 6.42 Å². The van der Waals surface area contributed by atoms with Crippen LogP contribution in [0.5, 0.6) is 0 Å². The first-order valence-corrected chi connectivity index (χ1v) is 7.68. The van der Waals surface area contributed by atoms with Gasteiger partial charge in [-0.3, -0.25) is 4.79 Å². The lowest BCUT2D eigenvalue weighted by Gasteiger charge is -2.19. The van der Waals surface area contributed by atoms with Crippen LogP contribution in [0.3, 0.4) is 0 Å². The Bertz CT molecular complexity index is 638. The molecule has 1 aromatic heterocycles. The van der Waals surface area contributed by atoms with Crippen molar-refractivity contribution >= 4 is 38.9 Å². The summed E-state index contributed by atoms with van der Waals surface area (Å²) >= 11 is 5.11. The highest BCUT2D eigenvalue weighted by Gasteiger charge is 2.17. The van der Waals surface area contributed by atoms with Crippen LogP contribution >= 0.6 is 27.3 Å². The topological polar surface area (TPSA) is 55.1 Å². The molecule has 0 fully saturated rings. The quantitative estimate of drug-likeness (QED) is 0.882. The fraction of sp³-hybridized carbons (Fsp3) is 0.214. The first kappa shape index (κ1) is 12.8. The van der Waals surface area contributed by atoms with E-state index >= 15 is 0 Å². The summed E-state index contributed by atoms with van der Waals surface area (Å²) in [5, 5.41) is 2.89. The molecule has 2 heterocycles. The predicted octanol–water partition coefficient (Wildman–Crippen LogP) is 3.44. The van der Waals surface area contributed by atoms with Crippen molar-refractivity contribution in [3.8, 4) is 0 Å². The molecule has 3 rings (SSSR count). The highest BCUT2D eigenvalue weighted by Crippen LogP contribution is 2.32. The van der Waals surface area contributed by atoms with E-state index in [9.17, 15) is 4.79 Å². The van der Waals surface area contributed by atoms with Gasteiger partial charge in [0.2, 0.25) is 5.91 Å². The third-order valence-electron chi connectivity index (χ3n) is 3.28. The van der Waals surface area contributed by atoms with Crippen molar-refractivity contribution in [1.82, 2.24) is 0 Å². The fourth-order valence-electron chi connectivity index (χ4n) is 2.26. The van der Waals surface area contributed by atoms with Crippen molar-refractivity contribution in [1.29, 1.82) is 0 Å². The van der Waals surface area contributed by atoms with Gasteiger partial charge in [-0.2, -0.15) is 0 Å². The van der Waals surface area contributed by atoms with Gasteiger partial charge in [0.05, 0.1) is 9.83 Å². The molecule has 0 aliphatic carbocycles. The second-order valence-electron chi connectivity index (χ2n) is 4.58. The number of hydrogen-bond donors (Lipinski definition) is 2. The van der Waals surface area contributed by atoms with Gasteiger partial charge >= 0.3 is 0 Å². The standard InChI is InChI=1S/C14H13BrN2OS/c15-12-5-4-11(19-12)14(16)9-1-3-10-8(7-9)2-6-13(18)17-10/h1,3-5,7,14H,2,6,16H2,(H,17,18). The van der Waals surface area contributed by atoms with Gasteiger partial charge in [-0.1, -0.05) is 12.1 Å². The summed E-state index contributed by atoms with van der Waals surface area (Å²) in [6, 6.07) is 9.98. The first-order valence-electron chi connectivity index (χ1n) is 6.07. The Hall–Kier alpha value is -1.17. The number of hydrogen-bond acceptors (Lipinski definition) is 3. The minimum absolute atomic E-state index is 0.0896. The zero-order valence-corrected chi connectivity index (χ0v) is 12.6. The van der Waals surface area contributed by atoms with Gasteiger partial charge in [-0.05, 0) is 51.7 Å². The molecule has 1 aliphatic rings. The first-order chi connectivity index (χ1) is 9.13. The van der Waals surface area contributed by atoms with E-state index < -0.39 is 0 Å². The number of carbonyl (C=O) groups is 1. The molecule has 0 saturated heterocycles. The third kappa shape index (κ3) is 2.59. The number of anilines is 1. The molecule has 1 amide bonds. The summed E-state index contributed by atoms with van der Waals surface area (Å²) in [6.45, 7) is 0. The average Bonchev–Trinajstić information content (AvgIpc) is 2.84. The number of carbonyl (C=O) groups excluding carboxylic acids is 1. The maximum atomic E-state index is 11.3. The maximum absolute atomic E-state index is 11.3. The van der Waals surface area contributed by atoms with Crippen molar-refractivity contribution in [3.05, 3.63) is 50.1 Å². The fourth-order valence-corrected chi connectivity index (χ4v) is 3.71. The molecule has 0 spiro atoms. The summed E-state index contributed by atoms with van der Waals surface area (Å²) in [5.41, 5.74) is 9.47. The number of amides is 1. The molecule has 98 valence electrons. The second kappa shape index (κ2) is 5.07. The molecule has 2 aromatic rings. The molecular weight excluding hydrogens is 324 g/mol. The van der Waals surface area contributed by atoms with Crippen molar-refractivity contribution in [2.24, 2.45) is 5.73 Å². The monoisotopic (exact) mass is 336 g/mol. The molecule has 5 heteroatoms. The number of nitrogens with one attached hydrogen (secondary N) is 1. The van der Waals surface area contributed by atoms with Gasteiger partial charge < -0.3 is 11.1 Å². The number of benzene rings is 1. The summed E-state index contributed by atoms with van der Waals surface area (Å²) in [7, 11) is 0. The van der Waals surface area contributed by atoms with Crippen LogP contribution in [-0.4, -0.2) is 5.91 Å². The average molecular weight is 337 g/mol. The SMILES string of the molecule is NC(c1ccc2c(c1)CCC(=O)N2)c1ccc(Br)s1. The van der Waals surface area contributed by atoms with Crippen molar-refractivity contribution in [3.63, 3.8) is 0 Å². The van der Waals surface area contributed by atoms with E-state index in [0.717, 1.165) is 26.3 Å². The molecule has 1 atom stereocenters. The molecule has 0 saturated carbocycles. The summed E-state index contributed by atoms with van der Waals surface area (Å²) in [6.07, 6.45) is 1.34. The molecular formula is C14H13BrN2OS. The van der Waals surface area contributed by atoms with E-state index in [1.165, 1.54) is 5.56 Å². The van der Waals surface area contributed by atoms with E-state index in [1.807, 2.05) is 24.3 Å². The van der Waals surface area contributed by atoms with Crippen LogP contribution in [0.15, 0.2) is 34.1 Å². The van der Waals surface area contributed by atoms with Crippen LogP contribution in [0, 0.1) is 0 Å². The van der Waals surface area contributed by atoms with Gasteiger partial charge in [-0.25, -0.2) is 0 Å². The molecule has 19 heavy (non-hydrogen) atoms. The van der Waals surface area contributed by atoms with Crippen LogP contribution in [0.4, 0.5) is 5.69 Å². The minimum Gasteiger partial charge on any atom is -0.326 e.